The van der Waals surface area contributed by atoms with Crippen molar-refractivity contribution in [3.8, 4) is 0 Å². The number of benzene rings is 1. The summed E-state index contributed by atoms with van der Waals surface area (Å²) in [5.41, 5.74) is 0. The molecule has 21 heavy (non-hydrogen) atoms. The molecule has 1 N–H and O–H groups in total. The fourth-order valence-corrected chi connectivity index (χ4v) is 4.97. The molecule has 2 aromatic rings. The number of fused-ring (bicyclic) bond motifs is 1. The number of halogens is 1. The smallest absolute Gasteiger partial charge is 0.241 e. The van der Waals surface area contributed by atoms with E-state index in [9.17, 15) is 8.42 Å². The molecule has 1 aromatic carbocycles. The van der Waals surface area contributed by atoms with Crippen molar-refractivity contribution in [3.63, 3.8) is 0 Å². The molecule has 2 unspecified atom stereocenters. The van der Waals surface area contributed by atoms with Gasteiger partial charge in [0.05, 0.1) is 4.90 Å². The lowest BCUT2D eigenvalue weighted by Crippen LogP contribution is -2.28. The molecule has 1 aliphatic carbocycles. The third-order valence-corrected chi connectivity index (χ3v) is 6.28. The minimum absolute atomic E-state index is 0.329. The summed E-state index contributed by atoms with van der Waals surface area (Å²) in [7, 11) is -3.48. The van der Waals surface area contributed by atoms with Gasteiger partial charge in [-0.2, -0.15) is 0 Å². The van der Waals surface area contributed by atoms with Gasteiger partial charge in [-0.3, -0.25) is 4.98 Å². The normalized spacial score (nSPS) is 22.7. The first-order chi connectivity index (χ1) is 10.1. The van der Waals surface area contributed by atoms with Crippen molar-refractivity contribution < 1.29 is 8.42 Å². The molecule has 0 saturated heterocycles. The van der Waals surface area contributed by atoms with Crippen LogP contribution in [-0.2, 0) is 10.0 Å². The number of hydrogen-bond acceptors (Lipinski definition) is 3. The molecule has 1 aliphatic rings. The fourth-order valence-electron chi connectivity index (χ4n) is 2.83. The minimum Gasteiger partial charge on any atom is -0.264 e. The van der Waals surface area contributed by atoms with Crippen molar-refractivity contribution in [1.29, 1.82) is 0 Å². The van der Waals surface area contributed by atoms with Crippen molar-refractivity contribution in [2.45, 2.75) is 29.0 Å². The van der Waals surface area contributed by atoms with E-state index < -0.39 is 10.0 Å². The average Bonchev–Trinajstić information content (AvgIpc) is 2.90. The lowest BCUT2D eigenvalue weighted by atomic mass is 10.1. The highest BCUT2D eigenvalue weighted by atomic mass is 79.9. The number of hydrogen-bond donors (Lipinski definition) is 1. The van der Waals surface area contributed by atoms with E-state index in [2.05, 4.69) is 25.6 Å². The van der Waals surface area contributed by atoms with Gasteiger partial charge in [-0.1, -0.05) is 28.1 Å². The van der Waals surface area contributed by atoms with Gasteiger partial charge in [-0.15, -0.1) is 0 Å². The van der Waals surface area contributed by atoms with E-state index in [0.29, 0.717) is 27.6 Å². The standard InChI is InChI=1S/C15H17BrN2O2S/c16-13-5-4-11(8-13)9-18-21(19,20)15-3-1-2-12-10-17-7-6-14(12)15/h1-3,6-7,10-11,13,18H,4-5,8-9H2. The summed E-state index contributed by atoms with van der Waals surface area (Å²) >= 11 is 3.59. The van der Waals surface area contributed by atoms with Gasteiger partial charge in [-0.25, -0.2) is 13.1 Å². The third kappa shape index (κ3) is 3.27. The zero-order valence-electron chi connectivity index (χ0n) is 11.5. The van der Waals surface area contributed by atoms with Crippen LogP contribution in [0, 0.1) is 5.92 Å². The van der Waals surface area contributed by atoms with Crippen molar-refractivity contribution in [3.05, 3.63) is 36.7 Å². The quantitative estimate of drug-likeness (QED) is 0.843. The molecule has 0 radical (unpaired) electrons. The second-order valence-corrected chi connectivity index (χ2v) is 8.51. The monoisotopic (exact) mass is 368 g/mol. The maximum Gasteiger partial charge on any atom is 0.241 e. The third-order valence-electron chi connectivity index (χ3n) is 3.97. The molecule has 0 bridgehead atoms. The second-order valence-electron chi connectivity index (χ2n) is 5.48. The molecule has 1 fully saturated rings. The molecular weight excluding hydrogens is 352 g/mol. The van der Waals surface area contributed by atoms with E-state index in [1.54, 1.807) is 30.6 Å². The van der Waals surface area contributed by atoms with Crippen LogP contribution in [0.4, 0.5) is 0 Å². The Kier molecular flexibility index (Phi) is 4.28. The highest BCUT2D eigenvalue weighted by molar-refractivity contribution is 9.09. The number of alkyl halides is 1. The van der Waals surface area contributed by atoms with E-state index >= 15 is 0 Å². The number of aromatic nitrogens is 1. The van der Waals surface area contributed by atoms with Crippen LogP contribution in [0.2, 0.25) is 0 Å². The predicted molar refractivity (Wildman–Crippen MR) is 87.0 cm³/mol. The SMILES string of the molecule is O=S(=O)(NCC1CCC(Br)C1)c1cccc2cnccc12. The summed E-state index contributed by atoms with van der Waals surface area (Å²) < 4.78 is 27.8. The van der Waals surface area contributed by atoms with Gasteiger partial charge in [0.1, 0.15) is 0 Å². The van der Waals surface area contributed by atoms with Crippen molar-refractivity contribution in [2.75, 3.05) is 6.54 Å². The Morgan fingerprint density at radius 3 is 2.90 bits per heavy atom. The van der Waals surface area contributed by atoms with Crippen LogP contribution in [-0.4, -0.2) is 24.8 Å². The second kappa shape index (κ2) is 6.02. The highest BCUT2D eigenvalue weighted by Crippen LogP contribution is 2.30. The van der Waals surface area contributed by atoms with Crippen LogP contribution in [0.3, 0.4) is 0 Å². The van der Waals surface area contributed by atoms with E-state index in [4.69, 9.17) is 0 Å². The van der Waals surface area contributed by atoms with Gasteiger partial charge in [0.2, 0.25) is 10.0 Å². The molecule has 0 amide bonds. The molecule has 3 rings (SSSR count). The van der Waals surface area contributed by atoms with Gasteiger partial charge in [0.15, 0.2) is 0 Å². The predicted octanol–water partition coefficient (Wildman–Crippen LogP) is 3.08. The van der Waals surface area contributed by atoms with Crippen LogP contribution in [0.15, 0.2) is 41.6 Å². The van der Waals surface area contributed by atoms with Crippen LogP contribution < -0.4 is 4.72 Å². The molecule has 0 spiro atoms. The molecular formula is C15H17BrN2O2S. The maximum atomic E-state index is 12.5. The van der Waals surface area contributed by atoms with Crippen molar-refractivity contribution >= 4 is 36.7 Å². The van der Waals surface area contributed by atoms with Crippen LogP contribution in [0.25, 0.3) is 10.8 Å². The van der Waals surface area contributed by atoms with Gasteiger partial charge >= 0.3 is 0 Å². The molecule has 2 atom stereocenters. The topological polar surface area (TPSA) is 59.1 Å². The lowest BCUT2D eigenvalue weighted by molar-refractivity contribution is 0.521. The van der Waals surface area contributed by atoms with Gasteiger partial charge in [-0.05, 0) is 37.3 Å². The van der Waals surface area contributed by atoms with E-state index in [1.807, 2.05) is 6.07 Å². The Bertz CT molecular complexity index is 743. The first kappa shape index (κ1) is 14.9. The first-order valence-corrected chi connectivity index (χ1v) is 9.42. The Labute approximate surface area is 133 Å². The van der Waals surface area contributed by atoms with E-state index in [0.717, 1.165) is 24.6 Å². The summed E-state index contributed by atoms with van der Waals surface area (Å²) in [5, 5.41) is 1.55. The average molecular weight is 369 g/mol. The summed E-state index contributed by atoms with van der Waals surface area (Å²) in [4.78, 5) is 4.89. The summed E-state index contributed by atoms with van der Waals surface area (Å²) in [6, 6.07) is 7.01. The molecule has 0 aliphatic heterocycles. The van der Waals surface area contributed by atoms with Gasteiger partial charge < -0.3 is 0 Å². The largest absolute Gasteiger partial charge is 0.264 e. The van der Waals surface area contributed by atoms with E-state index in [1.165, 1.54) is 0 Å². The number of sulfonamides is 1. The van der Waals surface area contributed by atoms with Crippen molar-refractivity contribution in [2.24, 2.45) is 5.92 Å². The van der Waals surface area contributed by atoms with Crippen molar-refractivity contribution in [1.82, 2.24) is 9.71 Å². The molecule has 112 valence electrons. The summed E-state index contributed by atoms with van der Waals surface area (Å²) in [5.74, 6) is 0.417. The Morgan fingerprint density at radius 1 is 1.29 bits per heavy atom. The zero-order valence-corrected chi connectivity index (χ0v) is 13.9. The molecule has 6 heteroatoms. The number of nitrogens with zero attached hydrogens (tertiary/aromatic N) is 1. The van der Waals surface area contributed by atoms with E-state index in [-0.39, 0.29) is 0 Å². The van der Waals surface area contributed by atoms with Crippen LogP contribution in [0.5, 0.6) is 0 Å². The van der Waals surface area contributed by atoms with Gasteiger partial charge in [0, 0.05) is 34.5 Å². The number of nitrogens with one attached hydrogen (secondary N) is 1. The lowest BCUT2D eigenvalue weighted by Gasteiger charge is -2.13. The Balaban J connectivity index is 1.83. The highest BCUT2D eigenvalue weighted by Gasteiger charge is 2.25. The Morgan fingerprint density at radius 2 is 2.14 bits per heavy atom. The molecule has 1 aromatic heterocycles. The minimum atomic E-state index is -3.48. The van der Waals surface area contributed by atoms with Crippen LogP contribution >= 0.6 is 15.9 Å². The molecule has 4 nitrogen and oxygen atoms in total. The van der Waals surface area contributed by atoms with Gasteiger partial charge in [0.25, 0.3) is 0 Å². The maximum absolute atomic E-state index is 12.5. The van der Waals surface area contributed by atoms with Crippen LogP contribution in [0.1, 0.15) is 19.3 Å². The molecule has 1 saturated carbocycles. The Hall–Kier alpha value is -0.980. The summed E-state index contributed by atoms with van der Waals surface area (Å²) in [6.45, 7) is 0.506. The number of rotatable bonds is 4. The number of pyridine rings is 1. The zero-order chi connectivity index (χ0) is 14.9. The molecule has 1 heterocycles. The first-order valence-electron chi connectivity index (χ1n) is 7.03. The fraction of sp³-hybridized carbons (Fsp3) is 0.400. The summed E-state index contributed by atoms with van der Waals surface area (Å²) in [6.07, 6.45) is 6.51.